The molecule has 0 aliphatic carbocycles. The van der Waals surface area contributed by atoms with E-state index in [0.717, 1.165) is 46.6 Å². The number of hydrogen-bond acceptors (Lipinski definition) is 4. The van der Waals surface area contributed by atoms with Gasteiger partial charge in [0.05, 0.1) is 6.61 Å². The van der Waals surface area contributed by atoms with Crippen molar-refractivity contribution >= 4 is 27.8 Å². The maximum Gasteiger partial charge on any atom is 0.156 e. The second kappa shape index (κ2) is 4.91. The van der Waals surface area contributed by atoms with Crippen molar-refractivity contribution in [1.82, 2.24) is 15.0 Å². The molecule has 4 rings (SSSR count). The molecule has 1 aliphatic rings. The van der Waals surface area contributed by atoms with Crippen LogP contribution in [0.25, 0.3) is 21.9 Å². The predicted molar refractivity (Wildman–Crippen MR) is 84.0 cm³/mol. The highest BCUT2D eigenvalue weighted by Gasteiger charge is 2.19. The van der Waals surface area contributed by atoms with E-state index in [2.05, 4.69) is 32.0 Å². The first-order valence-corrected chi connectivity index (χ1v) is 7.51. The third kappa shape index (κ3) is 2.00. The first-order valence-electron chi connectivity index (χ1n) is 7.51. The molecule has 5 nitrogen and oxygen atoms in total. The number of aromatic nitrogens is 3. The van der Waals surface area contributed by atoms with Crippen LogP contribution >= 0.6 is 0 Å². The van der Waals surface area contributed by atoms with Gasteiger partial charge >= 0.3 is 0 Å². The summed E-state index contributed by atoms with van der Waals surface area (Å²) in [7, 11) is 0. The molecular formula is C16H18N4O. The monoisotopic (exact) mass is 282 g/mol. The van der Waals surface area contributed by atoms with Gasteiger partial charge in [0.2, 0.25) is 0 Å². The molecule has 0 atom stereocenters. The lowest BCUT2D eigenvalue weighted by Gasteiger charge is -2.16. The van der Waals surface area contributed by atoms with E-state index in [4.69, 9.17) is 4.74 Å². The first-order chi connectivity index (χ1) is 10.4. The summed E-state index contributed by atoms with van der Waals surface area (Å²) < 4.78 is 5.59. The number of ether oxygens (including phenoxy) is 1. The molecule has 0 bridgehead atoms. The Morgan fingerprint density at radius 1 is 1.24 bits per heavy atom. The summed E-state index contributed by atoms with van der Waals surface area (Å²) in [6.07, 6.45) is 4.14. The lowest BCUT2D eigenvalue weighted by atomic mass is 10.2. The molecule has 0 spiro atoms. The summed E-state index contributed by atoms with van der Waals surface area (Å²) >= 11 is 0. The van der Waals surface area contributed by atoms with Gasteiger partial charge in [0.25, 0.3) is 0 Å². The number of benzene rings is 1. The van der Waals surface area contributed by atoms with Crippen LogP contribution in [0.5, 0.6) is 5.75 Å². The minimum Gasteiger partial charge on any atom is -0.494 e. The Bertz CT molecular complexity index is 789. The largest absolute Gasteiger partial charge is 0.494 e. The van der Waals surface area contributed by atoms with Crippen LogP contribution in [-0.4, -0.2) is 34.6 Å². The fraction of sp³-hybridized carbons (Fsp3) is 0.375. The summed E-state index contributed by atoms with van der Waals surface area (Å²) in [5.74, 6) is 1.90. The molecule has 0 saturated carbocycles. The quantitative estimate of drug-likeness (QED) is 0.802. The lowest BCUT2D eigenvalue weighted by molar-refractivity contribution is 0.341. The molecule has 108 valence electrons. The van der Waals surface area contributed by atoms with Crippen LogP contribution in [0.2, 0.25) is 0 Å². The summed E-state index contributed by atoms with van der Waals surface area (Å²) in [6.45, 7) is 4.81. The van der Waals surface area contributed by atoms with Crippen molar-refractivity contribution in [1.29, 1.82) is 0 Å². The van der Waals surface area contributed by atoms with E-state index < -0.39 is 0 Å². The Hall–Kier alpha value is -2.30. The first kappa shape index (κ1) is 12.4. The average Bonchev–Trinajstić information content (AvgIpc) is 3.14. The number of H-pyrrole nitrogens is 1. The lowest BCUT2D eigenvalue weighted by Crippen LogP contribution is -2.19. The molecule has 1 fully saturated rings. The van der Waals surface area contributed by atoms with Crippen LogP contribution in [0.1, 0.15) is 19.8 Å². The molecule has 0 amide bonds. The minimum atomic E-state index is 0.669. The van der Waals surface area contributed by atoms with Gasteiger partial charge in [-0.15, -0.1) is 0 Å². The number of aromatic amines is 1. The Morgan fingerprint density at radius 2 is 2.10 bits per heavy atom. The van der Waals surface area contributed by atoms with Gasteiger partial charge in [-0.25, -0.2) is 9.97 Å². The fourth-order valence-electron chi connectivity index (χ4n) is 3.08. The molecule has 0 radical (unpaired) electrons. The maximum absolute atomic E-state index is 5.59. The molecule has 1 aromatic carbocycles. The number of nitrogens with zero attached hydrogens (tertiary/aromatic N) is 3. The molecule has 1 N–H and O–H groups in total. The van der Waals surface area contributed by atoms with Crippen LogP contribution in [0.3, 0.4) is 0 Å². The third-order valence-corrected chi connectivity index (χ3v) is 4.05. The van der Waals surface area contributed by atoms with Crippen molar-refractivity contribution < 1.29 is 4.74 Å². The van der Waals surface area contributed by atoms with E-state index in [1.165, 1.54) is 12.8 Å². The topological polar surface area (TPSA) is 54.0 Å². The zero-order valence-electron chi connectivity index (χ0n) is 12.1. The number of fused-ring (bicyclic) bond motifs is 3. The Morgan fingerprint density at radius 3 is 2.90 bits per heavy atom. The SMILES string of the molecule is CCOc1ccc2[nH]c3c(N4CCCC4)ncnc3c2c1. The Balaban J connectivity index is 1.92. The summed E-state index contributed by atoms with van der Waals surface area (Å²) in [5, 5.41) is 1.10. The van der Waals surface area contributed by atoms with Crippen molar-refractivity contribution in [2.75, 3.05) is 24.6 Å². The smallest absolute Gasteiger partial charge is 0.156 e. The van der Waals surface area contributed by atoms with Crippen LogP contribution in [-0.2, 0) is 0 Å². The zero-order valence-corrected chi connectivity index (χ0v) is 12.1. The van der Waals surface area contributed by atoms with Crippen LogP contribution in [0.4, 0.5) is 5.82 Å². The fourth-order valence-corrected chi connectivity index (χ4v) is 3.08. The Labute approximate surface area is 123 Å². The molecule has 5 heteroatoms. The van der Waals surface area contributed by atoms with Gasteiger partial charge in [0.15, 0.2) is 5.82 Å². The van der Waals surface area contributed by atoms with E-state index in [9.17, 15) is 0 Å². The summed E-state index contributed by atoms with van der Waals surface area (Å²) in [4.78, 5) is 14.8. The second-order valence-corrected chi connectivity index (χ2v) is 5.38. The van der Waals surface area contributed by atoms with Crippen molar-refractivity contribution in [3.63, 3.8) is 0 Å². The van der Waals surface area contributed by atoms with E-state index in [0.29, 0.717) is 6.61 Å². The summed E-state index contributed by atoms with van der Waals surface area (Å²) in [5.41, 5.74) is 3.08. The number of hydrogen-bond donors (Lipinski definition) is 1. The molecule has 0 unspecified atom stereocenters. The standard InChI is InChI=1S/C16H18N4O/c1-2-21-11-5-6-13-12(9-11)14-15(19-13)16(18-10-17-14)20-7-3-4-8-20/h5-6,9-10,19H,2-4,7-8H2,1H3. The van der Waals surface area contributed by atoms with E-state index in [1.54, 1.807) is 6.33 Å². The molecule has 3 heterocycles. The van der Waals surface area contributed by atoms with Gasteiger partial charge in [-0.3, -0.25) is 0 Å². The van der Waals surface area contributed by atoms with E-state index in [1.807, 2.05) is 13.0 Å². The highest BCUT2D eigenvalue weighted by Crippen LogP contribution is 2.32. The molecule has 1 aliphatic heterocycles. The van der Waals surface area contributed by atoms with Gasteiger partial charge in [-0.2, -0.15) is 0 Å². The minimum absolute atomic E-state index is 0.669. The second-order valence-electron chi connectivity index (χ2n) is 5.38. The molecule has 2 aromatic heterocycles. The highest BCUT2D eigenvalue weighted by molar-refractivity contribution is 6.08. The van der Waals surface area contributed by atoms with E-state index in [-0.39, 0.29) is 0 Å². The van der Waals surface area contributed by atoms with Gasteiger partial charge in [0, 0.05) is 24.0 Å². The maximum atomic E-state index is 5.59. The summed E-state index contributed by atoms with van der Waals surface area (Å²) in [6, 6.07) is 6.10. The van der Waals surface area contributed by atoms with Gasteiger partial charge in [-0.1, -0.05) is 0 Å². The van der Waals surface area contributed by atoms with Crippen LogP contribution in [0, 0.1) is 0 Å². The van der Waals surface area contributed by atoms with Gasteiger partial charge < -0.3 is 14.6 Å². The number of nitrogens with one attached hydrogen (secondary N) is 1. The van der Waals surface area contributed by atoms with E-state index >= 15 is 0 Å². The molecule has 1 saturated heterocycles. The normalized spacial score (nSPS) is 15.2. The van der Waals surface area contributed by atoms with Crippen LogP contribution < -0.4 is 9.64 Å². The molecular weight excluding hydrogens is 264 g/mol. The van der Waals surface area contributed by atoms with Crippen molar-refractivity contribution in [2.24, 2.45) is 0 Å². The number of anilines is 1. The Kier molecular flexibility index (Phi) is 2.91. The zero-order chi connectivity index (χ0) is 14.2. The van der Waals surface area contributed by atoms with Gasteiger partial charge in [-0.05, 0) is 38.0 Å². The average molecular weight is 282 g/mol. The number of rotatable bonds is 3. The molecule has 3 aromatic rings. The van der Waals surface area contributed by atoms with Crippen LogP contribution in [0.15, 0.2) is 24.5 Å². The van der Waals surface area contributed by atoms with Crippen molar-refractivity contribution in [2.45, 2.75) is 19.8 Å². The van der Waals surface area contributed by atoms with Crippen molar-refractivity contribution in [3.8, 4) is 5.75 Å². The third-order valence-electron chi connectivity index (χ3n) is 4.05. The van der Waals surface area contributed by atoms with Crippen molar-refractivity contribution in [3.05, 3.63) is 24.5 Å². The predicted octanol–water partition coefficient (Wildman–Crippen LogP) is 3.11. The highest BCUT2D eigenvalue weighted by atomic mass is 16.5. The van der Waals surface area contributed by atoms with Gasteiger partial charge in [0.1, 0.15) is 23.1 Å². The molecule has 21 heavy (non-hydrogen) atoms.